The minimum atomic E-state index is -0.749. The fraction of sp³-hybridized carbons (Fsp3) is 0.692. The van der Waals surface area contributed by atoms with Crippen molar-refractivity contribution in [1.29, 1.82) is 0 Å². The van der Waals surface area contributed by atoms with Crippen molar-refractivity contribution in [2.24, 2.45) is 5.92 Å². The Hall–Kier alpha value is -1.92. The van der Waals surface area contributed by atoms with Crippen molar-refractivity contribution in [3.8, 4) is 0 Å². The summed E-state index contributed by atoms with van der Waals surface area (Å²) in [5.74, 6) is 0.714. The number of carbonyl (C=O) groups is 2. The molecule has 0 radical (unpaired) electrons. The zero-order valence-electron chi connectivity index (χ0n) is 11.6. The highest BCUT2D eigenvalue weighted by atomic mass is 16.5. The zero-order valence-corrected chi connectivity index (χ0v) is 11.6. The van der Waals surface area contributed by atoms with Gasteiger partial charge in [0.05, 0.1) is 0 Å². The first-order chi connectivity index (χ1) is 9.52. The third kappa shape index (κ3) is 2.07. The van der Waals surface area contributed by atoms with E-state index in [1.54, 1.807) is 11.8 Å². The second-order valence-corrected chi connectivity index (χ2v) is 5.74. The van der Waals surface area contributed by atoms with E-state index in [0.717, 1.165) is 12.8 Å². The highest BCUT2D eigenvalue weighted by molar-refractivity contribution is 5.99. The predicted molar refractivity (Wildman–Crippen MR) is 68.4 cm³/mol. The fourth-order valence-corrected chi connectivity index (χ4v) is 2.79. The molecule has 7 nitrogen and oxygen atoms in total. The van der Waals surface area contributed by atoms with Gasteiger partial charge in [0.1, 0.15) is 11.6 Å². The number of carbonyl (C=O) groups excluding carboxylic acids is 2. The summed E-state index contributed by atoms with van der Waals surface area (Å²) < 4.78 is 4.67. The summed E-state index contributed by atoms with van der Waals surface area (Å²) in [5, 5.41) is 6.63. The number of rotatable bonds is 4. The fourth-order valence-electron chi connectivity index (χ4n) is 2.79. The van der Waals surface area contributed by atoms with Crippen LogP contribution >= 0.6 is 0 Å². The van der Waals surface area contributed by atoms with E-state index >= 15 is 0 Å². The highest BCUT2D eigenvalue weighted by Crippen LogP contribution is 2.42. The number of hydrogen-bond acceptors (Lipinski definition) is 5. The molecule has 1 aromatic heterocycles. The molecule has 0 aromatic carbocycles. The molecule has 0 spiro atoms. The van der Waals surface area contributed by atoms with Crippen LogP contribution in [0.25, 0.3) is 0 Å². The summed E-state index contributed by atoms with van der Waals surface area (Å²) in [6, 6.07) is -0.457. The Kier molecular flexibility index (Phi) is 2.99. The van der Waals surface area contributed by atoms with Crippen LogP contribution in [-0.2, 0) is 16.0 Å². The molecule has 1 aliphatic carbocycles. The molecule has 7 heteroatoms. The molecule has 108 valence electrons. The highest BCUT2D eigenvalue weighted by Gasteiger charge is 2.54. The molecular formula is C13H18N4O3. The lowest BCUT2D eigenvalue weighted by molar-refractivity contribution is -0.154. The maximum atomic E-state index is 12.7. The number of aromatic nitrogens is 2. The van der Waals surface area contributed by atoms with E-state index < -0.39 is 11.6 Å². The summed E-state index contributed by atoms with van der Waals surface area (Å²) >= 11 is 0. The first kappa shape index (κ1) is 13.1. The van der Waals surface area contributed by atoms with Gasteiger partial charge < -0.3 is 14.7 Å². The lowest BCUT2D eigenvalue weighted by Crippen LogP contribution is -2.69. The summed E-state index contributed by atoms with van der Waals surface area (Å²) in [7, 11) is 0. The summed E-state index contributed by atoms with van der Waals surface area (Å²) in [6.45, 7) is 4.00. The van der Waals surface area contributed by atoms with Crippen LogP contribution in [0.2, 0.25) is 0 Å². The van der Waals surface area contributed by atoms with Gasteiger partial charge in [0.2, 0.25) is 18.2 Å². The molecule has 1 saturated heterocycles. The maximum absolute atomic E-state index is 12.7. The van der Waals surface area contributed by atoms with Crippen LogP contribution in [0.4, 0.5) is 0 Å². The SMILES string of the molecule is CC1C(=O)NC(C)(C2CC2)C(=O)N1CCc1ncon1. The molecule has 2 unspecified atom stereocenters. The average molecular weight is 278 g/mol. The molecule has 1 aliphatic heterocycles. The second kappa shape index (κ2) is 4.57. The van der Waals surface area contributed by atoms with Crippen LogP contribution in [0, 0.1) is 5.92 Å². The van der Waals surface area contributed by atoms with Crippen molar-refractivity contribution in [3.63, 3.8) is 0 Å². The first-order valence-electron chi connectivity index (χ1n) is 6.90. The van der Waals surface area contributed by atoms with Crippen molar-refractivity contribution in [3.05, 3.63) is 12.2 Å². The molecule has 2 atom stereocenters. The Morgan fingerprint density at radius 2 is 2.25 bits per heavy atom. The van der Waals surface area contributed by atoms with E-state index in [0.29, 0.717) is 18.8 Å². The van der Waals surface area contributed by atoms with Crippen LogP contribution in [0.5, 0.6) is 0 Å². The molecule has 1 N–H and O–H groups in total. The Labute approximate surface area is 116 Å². The molecular weight excluding hydrogens is 260 g/mol. The lowest BCUT2D eigenvalue weighted by atomic mass is 9.89. The van der Waals surface area contributed by atoms with Gasteiger partial charge in [0.15, 0.2) is 5.82 Å². The number of piperazine rings is 1. The van der Waals surface area contributed by atoms with Gasteiger partial charge in [-0.1, -0.05) is 5.16 Å². The molecule has 1 saturated carbocycles. The van der Waals surface area contributed by atoms with Gasteiger partial charge in [-0.05, 0) is 32.6 Å². The van der Waals surface area contributed by atoms with Crippen LogP contribution in [-0.4, -0.2) is 45.0 Å². The van der Waals surface area contributed by atoms with Crippen LogP contribution in [0.1, 0.15) is 32.5 Å². The summed E-state index contributed by atoms with van der Waals surface area (Å²) in [5.41, 5.74) is -0.749. The van der Waals surface area contributed by atoms with E-state index in [1.807, 2.05) is 6.92 Å². The van der Waals surface area contributed by atoms with Gasteiger partial charge in [-0.3, -0.25) is 9.59 Å². The molecule has 20 heavy (non-hydrogen) atoms. The van der Waals surface area contributed by atoms with Gasteiger partial charge in [0, 0.05) is 13.0 Å². The van der Waals surface area contributed by atoms with Gasteiger partial charge in [0.25, 0.3) is 0 Å². The predicted octanol–water partition coefficient (Wildman–Crippen LogP) is 0.128. The molecule has 2 amide bonds. The molecule has 1 aromatic rings. The van der Waals surface area contributed by atoms with Crippen molar-refractivity contribution in [2.45, 2.75) is 44.7 Å². The largest absolute Gasteiger partial charge is 0.343 e. The minimum Gasteiger partial charge on any atom is -0.343 e. The Morgan fingerprint density at radius 3 is 2.85 bits per heavy atom. The van der Waals surface area contributed by atoms with Crippen LogP contribution in [0.15, 0.2) is 10.9 Å². The zero-order chi connectivity index (χ0) is 14.3. The topological polar surface area (TPSA) is 88.3 Å². The molecule has 2 heterocycles. The Balaban J connectivity index is 1.76. The van der Waals surface area contributed by atoms with E-state index in [4.69, 9.17) is 0 Å². The Bertz CT molecular complexity index is 526. The van der Waals surface area contributed by atoms with E-state index in [9.17, 15) is 9.59 Å². The van der Waals surface area contributed by atoms with Crippen LogP contribution < -0.4 is 5.32 Å². The van der Waals surface area contributed by atoms with Crippen molar-refractivity contribution in [1.82, 2.24) is 20.4 Å². The molecule has 3 rings (SSSR count). The molecule has 2 fully saturated rings. The van der Waals surface area contributed by atoms with Crippen molar-refractivity contribution in [2.75, 3.05) is 6.54 Å². The van der Waals surface area contributed by atoms with Crippen molar-refractivity contribution < 1.29 is 14.1 Å². The summed E-state index contributed by atoms with van der Waals surface area (Å²) in [6.07, 6.45) is 3.74. The van der Waals surface area contributed by atoms with Gasteiger partial charge in [-0.25, -0.2) is 0 Å². The normalized spacial score (nSPS) is 30.5. The van der Waals surface area contributed by atoms with Crippen molar-refractivity contribution >= 4 is 11.8 Å². The van der Waals surface area contributed by atoms with Gasteiger partial charge >= 0.3 is 0 Å². The van der Waals surface area contributed by atoms with Gasteiger partial charge in [-0.2, -0.15) is 4.98 Å². The third-order valence-electron chi connectivity index (χ3n) is 4.31. The Morgan fingerprint density at radius 1 is 1.50 bits per heavy atom. The average Bonchev–Trinajstić information content (AvgIpc) is 3.15. The third-order valence-corrected chi connectivity index (χ3v) is 4.31. The first-order valence-corrected chi connectivity index (χ1v) is 6.90. The number of nitrogens with one attached hydrogen (secondary N) is 1. The minimum absolute atomic E-state index is 0.00408. The van der Waals surface area contributed by atoms with E-state index in [-0.39, 0.29) is 17.7 Å². The monoisotopic (exact) mass is 278 g/mol. The number of amides is 2. The second-order valence-electron chi connectivity index (χ2n) is 5.74. The lowest BCUT2D eigenvalue weighted by Gasteiger charge is -2.43. The molecule has 0 bridgehead atoms. The number of hydrogen-bond donors (Lipinski definition) is 1. The maximum Gasteiger partial charge on any atom is 0.249 e. The summed E-state index contributed by atoms with van der Waals surface area (Å²) in [4.78, 5) is 30.4. The molecule has 2 aliphatic rings. The van der Waals surface area contributed by atoms with E-state index in [1.165, 1.54) is 6.39 Å². The smallest absolute Gasteiger partial charge is 0.249 e. The van der Waals surface area contributed by atoms with Crippen LogP contribution in [0.3, 0.4) is 0 Å². The standard InChI is InChI=1S/C13H18N4O3/c1-8-11(18)15-13(2,9-3-4-9)12(19)17(8)6-5-10-14-7-20-16-10/h7-9H,3-6H2,1-2H3,(H,15,18). The van der Waals surface area contributed by atoms with E-state index in [2.05, 4.69) is 20.0 Å². The quantitative estimate of drug-likeness (QED) is 0.845. The van der Waals surface area contributed by atoms with Gasteiger partial charge in [-0.15, -0.1) is 0 Å². The number of nitrogens with zero attached hydrogens (tertiary/aromatic N) is 3.